The first-order valence-electron chi connectivity index (χ1n) is 8.11. The van der Waals surface area contributed by atoms with Crippen LogP contribution in [0, 0.1) is 0 Å². The van der Waals surface area contributed by atoms with Crippen LogP contribution in [0.25, 0.3) is 11.0 Å². The van der Waals surface area contributed by atoms with E-state index < -0.39 is 11.9 Å². The fourth-order valence-corrected chi connectivity index (χ4v) is 3.33. The van der Waals surface area contributed by atoms with Gasteiger partial charge < -0.3 is 10.6 Å². The lowest BCUT2D eigenvalue weighted by Crippen LogP contribution is -2.41. The number of amides is 1. The van der Waals surface area contributed by atoms with Gasteiger partial charge in [-0.2, -0.15) is 18.3 Å². The molecule has 3 rings (SSSR count). The van der Waals surface area contributed by atoms with Gasteiger partial charge in [-0.1, -0.05) is 0 Å². The van der Waals surface area contributed by atoms with Crippen LogP contribution in [0.3, 0.4) is 0 Å². The molecule has 1 amide bonds. The monoisotopic (exact) mass is 355 g/mol. The van der Waals surface area contributed by atoms with Gasteiger partial charge >= 0.3 is 6.18 Å². The van der Waals surface area contributed by atoms with Crippen molar-refractivity contribution >= 4 is 16.9 Å². The summed E-state index contributed by atoms with van der Waals surface area (Å²) in [5.74, 6) is -0.341. The molecule has 6 nitrogen and oxygen atoms in total. The molecule has 1 aliphatic carbocycles. The van der Waals surface area contributed by atoms with Gasteiger partial charge in [0.2, 0.25) is 0 Å². The smallest absolute Gasteiger partial charge is 0.339 e. The van der Waals surface area contributed by atoms with Crippen LogP contribution in [0.4, 0.5) is 13.2 Å². The molecular weight excluding hydrogens is 335 g/mol. The van der Waals surface area contributed by atoms with Gasteiger partial charge in [-0.25, -0.2) is 9.67 Å². The van der Waals surface area contributed by atoms with Crippen LogP contribution in [-0.2, 0) is 13.2 Å². The molecule has 1 fully saturated rings. The van der Waals surface area contributed by atoms with Gasteiger partial charge in [-0.05, 0) is 31.7 Å². The van der Waals surface area contributed by atoms with E-state index in [2.05, 4.69) is 10.1 Å². The Morgan fingerprint density at radius 1 is 1.32 bits per heavy atom. The second kappa shape index (κ2) is 6.29. The molecule has 0 spiro atoms. The Labute approximate surface area is 142 Å². The number of halogens is 3. The molecular formula is C16H20F3N5O. The van der Waals surface area contributed by atoms with Crippen molar-refractivity contribution in [3.63, 3.8) is 0 Å². The molecule has 0 saturated heterocycles. The molecule has 1 aliphatic rings. The number of nitrogens with two attached hydrogens (primary N) is 1. The standard InChI is InChI=1S/C16H20F3N5O/c1-23(11-5-3-10(20)4-6-11)15(25)9-7-12-13(16(17,18)19)22-24(2)14(12)21-8-9/h7-8,10-11H,3-6,20H2,1-2H3. The maximum absolute atomic E-state index is 13.1. The van der Waals surface area contributed by atoms with E-state index in [9.17, 15) is 18.0 Å². The van der Waals surface area contributed by atoms with E-state index in [0.29, 0.717) is 0 Å². The zero-order valence-electron chi connectivity index (χ0n) is 14.0. The van der Waals surface area contributed by atoms with Crippen molar-refractivity contribution < 1.29 is 18.0 Å². The van der Waals surface area contributed by atoms with Gasteiger partial charge in [-0.3, -0.25) is 4.79 Å². The summed E-state index contributed by atoms with van der Waals surface area (Å²) in [6, 6.07) is 1.42. The molecule has 136 valence electrons. The van der Waals surface area contributed by atoms with Crippen LogP contribution in [0.5, 0.6) is 0 Å². The molecule has 9 heteroatoms. The van der Waals surface area contributed by atoms with Gasteiger partial charge in [0.1, 0.15) is 0 Å². The van der Waals surface area contributed by atoms with Crippen molar-refractivity contribution in [1.82, 2.24) is 19.7 Å². The van der Waals surface area contributed by atoms with Gasteiger partial charge in [0.25, 0.3) is 5.91 Å². The first-order chi connectivity index (χ1) is 11.7. The van der Waals surface area contributed by atoms with Crippen LogP contribution < -0.4 is 5.73 Å². The fraction of sp³-hybridized carbons (Fsp3) is 0.562. The summed E-state index contributed by atoms with van der Waals surface area (Å²) in [7, 11) is 3.06. The number of hydrogen-bond donors (Lipinski definition) is 1. The minimum absolute atomic E-state index is 0.0407. The van der Waals surface area contributed by atoms with Gasteiger partial charge in [0, 0.05) is 32.4 Å². The number of alkyl halides is 3. The minimum atomic E-state index is -4.60. The highest BCUT2D eigenvalue weighted by molar-refractivity contribution is 5.97. The molecule has 2 N–H and O–H groups in total. The largest absolute Gasteiger partial charge is 0.435 e. The average Bonchev–Trinajstić information content (AvgIpc) is 2.91. The van der Waals surface area contributed by atoms with Crippen LogP contribution in [0.2, 0.25) is 0 Å². The molecule has 0 radical (unpaired) electrons. The third-order valence-electron chi connectivity index (χ3n) is 4.80. The number of rotatable bonds is 2. The molecule has 2 aromatic heterocycles. The van der Waals surface area contributed by atoms with E-state index in [1.807, 2.05) is 0 Å². The van der Waals surface area contributed by atoms with Crippen molar-refractivity contribution in [2.24, 2.45) is 12.8 Å². The molecule has 0 atom stereocenters. The topological polar surface area (TPSA) is 77.0 Å². The quantitative estimate of drug-likeness (QED) is 0.897. The van der Waals surface area contributed by atoms with Gasteiger partial charge in [0.05, 0.1) is 10.9 Å². The number of carbonyl (C=O) groups is 1. The zero-order chi connectivity index (χ0) is 18.4. The number of aromatic nitrogens is 3. The summed E-state index contributed by atoms with van der Waals surface area (Å²) < 4.78 is 40.5. The van der Waals surface area contributed by atoms with E-state index in [1.165, 1.54) is 19.3 Å². The number of pyridine rings is 1. The SMILES string of the molecule is CN(C(=O)c1cnc2c(c1)c(C(F)(F)F)nn2C)C1CCC(N)CC1. The normalized spacial score (nSPS) is 21.5. The summed E-state index contributed by atoms with van der Waals surface area (Å²) in [6.07, 6.45) is -0.0494. The maximum Gasteiger partial charge on any atom is 0.435 e. The van der Waals surface area contributed by atoms with Crippen LogP contribution >= 0.6 is 0 Å². The summed E-state index contributed by atoms with van der Waals surface area (Å²) in [5.41, 5.74) is 5.07. The third kappa shape index (κ3) is 3.33. The van der Waals surface area contributed by atoms with Crippen molar-refractivity contribution in [2.45, 2.75) is 43.9 Å². The molecule has 25 heavy (non-hydrogen) atoms. The first kappa shape index (κ1) is 17.7. The summed E-state index contributed by atoms with van der Waals surface area (Å²) >= 11 is 0. The first-order valence-corrected chi connectivity index (χ1v) is 8.11. The predicted molar refractivity (Wildman–Crippen MR) is 85.8 cm³/mol. The van der Waals surface area contributed by atoms with Crippen molar-refractivity contribution in [2.75, 3.05) is 7.05 Å². The Morgan fingerprint density at radius 3 is 2.56 bits per heavy atom. The Bertz CT molecular complexity index is 793. The van der Waals surface area contributed by atoms with E-state index in [0.717, 1.165) is 30.4 Å². The molecule has 1 saturated carbocycles. The number of hydrogen-bond acceptors (Lipinski definition) is 4. The third-order valence-corrected chi connectivity index (χ3v) is 4.80. The lowest BCUT2D eigenvalue weighted by atomic mass is 9.91. The minimum Gasteiger partial charge on any atom is -0.339 e. The predicted octanol–water partition coefficient (Wildman–Crippen LogP) is 2.33. The van der Waals surface area contributed by atoms with Crippen molar-refractivity contribution in [1.29, 1.82) is 0 Å². The Kier molecular flexibility index (Phi) is 4.44. The number of fused-ring (bicyclic) bond motifs is 1. The van der Waals surface area contributed by atoms with E-state index in [4.69, 9.17) is 5.73 Å². The summed E-state index contributed by atoms with van der Waals surface area (Å²) in [6.45, 7) is 0. The number of nitrogens with zero attached hydrogens (tertiary/aromatic N) is 4. The van der Waals surface area contributed by atoms with Gasteiger partial charge in [-0.15, -0.1) is 0 Å². The van der Waals surface area contributed by atoms with Crippen LogP contribution in [0.1, 0.15) is 41.7 Å². The maximum atomic E-state index is 13.1. The number of aryl methyl sites for hydroxylation is 1. The number of carbonyl (C=O) groups excluding carboxylic acids is 1. The fourth-order valence-electron chi connectivity index (χ4n) is 3.33. The Morgan fingerprint density at radius 2 is 1.96 bits per heavy atom. The van der Waals surface area contributed by atoms with E-state index >= 15 is 0 Å². The zero-order valence-corrected chi connectivity index (χ0v) is 14.0. The lowest BCUT2D eigenvalue weighted by Gasteiger charge is -2.33. The van der Waals surface area contributed by atoms with E-state index in [1.54, 1.807) is 11.9 Å². The van der Waals surface area contributed by atoms with Crippen LogP contribution in [0.15, 0.2) is 12.3 Å². The van der Waals surface area contributed by atoms with Crippen molar-refractivity contribution in [3.8, 4) is 0 Å². The Balaban J connectivity index is 1.92. The highest BCUT2D eigenvalue weighted by Gasteiger charge is 2.37. The van der Waals surface area contributed by atoms with Crippen LogP contribution in [-0.4, -0.2) is 44.7 Å². The highest BCUT2D eigenvalue weighted by Crippen LogP contribution is 2.33. The second-order valence-corrected chi connectivity index (χ2v) is 6.55. The van der Waals surface area contributed by atoms with E-state index in [-0.39, 0.29) is 34.6 Å². The molecule has 0 aromatic carbocycles. The molecule has 0 aliphatic heterocycles. The second-order valence-electron chi connectivity index (χ2n) is 6.55. The highest BCUT2D eigenvalue weighted by atomic mass is 19.4. The molecule has 0 unspecified atom stereocenters. The molecule has 2 aromatic rings. The average molecular weight is 355 g/mol. The lowest BCUT2D eigenvalue weighted by molar-refractivity contribution is -0.140. The summed E-state index contributed by atoms with van der Waals surface area (Å²) in [5, 5.41) is 3.33. The summed E-state index contributed by atoms with van der Waals surface area (Å²) in [4.78, 5) is 18.3. The molecule has 2 heterocycles. The Hall–Kier alpha value is -2.16. The van der Waals surface area contributed by atoms with Crippen molar-refractivity contribution in [3.05, 3.63) is 23.5 Å². The van der Waals surface area contributed by atoms with Gasteiger partial charge in [0.15, 0.2) is 11.3 Å². The molecule has 0 bridgehead atoms.